The van der Waals surface area contributed by atoms with Gasteiger partial charge in [0.1, 0.15) is 0 Å². The Hall–Kier alpha value is -1.29. The number of pyridine rings is 1. The highest BCUT2D eigenvalue weighted by Crippen LogP contribution is 2.31. The van der Waals surface area contributed by atoms with Crippen molar-refractivity contribution in [1.29, 1.82) is 0 Å². The Balaban J connectivity index is 2.33. The molecule has 106 valence electrons. The molecule has 1 aromatic rings. The predicted molar refractivity (Wildman–Crippen MR) is 76.5 cm³/mol. The molecule has 4 heteroatoms. The molecule has 0 spiro atoms. The summed E-state index contributed by atoms with van der Waals surface area (Å²) >= 11 is 0. The Morgan fingerprint density at radius 3 is 2.53 bits per heavy atom. The van der Waals surface area contributed by atoms with Crippen molar-refractivity contribution in [2.75, 3.05) is 13.1 Å². The van der Waals surface area contributed by atoms with Crippen LogP contribution in [-0.2, 0) is 6.54 Å². The maximum atomic E-state index is 11.7. The molecule has 1 N–H and O–H groups in total. The molecule has 1 aromatic heterocycles. The molecule has 1 saturated carbocycles. The molecule has 0 aliphatic heterocycles. The van der Waals surface area contributed by atoms with Crippen LogP contribution in [0.2, 0.25) is 0 Å². The maximum Gasteiger partial charge on any atom is 0.223 e. The molecule has 1 heterocycles. The predicted octanol–water partition coefficient (Wildman–Crippen LogP) is 2.51. The Morgan fingerprint density at radius 2 is 1.95 bits per heavy atom. The highest BCUT2D eigenvalue weighted by atomic mass is 16.3. The first-order valence-electron chi connectivity index (χ1n) is 7.32. The third-order valence-electron chi connectivity index (χ3n) is 4.14. The number of nitrogens with zero attached hydrogens (tertiary/aromatic N) is 2. The van der Waals surface area contributed by atoms with Gasteiger partial charge in [-0.15, -0.1) is 0 Å². The highest BCUT2D eigenvalue weighted by Gasteiger charge is 2.20. The average Bonchev–Trinajstić information content (AvgIpc) is 2.93. The zero-order chi connectivity index (χ0) is 13.8. The molecular formula is C15H24N2O2. The Labute approximate surface area is 114 Å². The first-order chi connectivity index (χ1) is 9.15. The van der Waals surface area contributed by atoms with Crippen LogP contribution in [0.15, 0.2) is 17.1 Å². The smallest absolute Gasteiger partial charge is 0.223 e. The van der Waals surface area contributed by atoms with Gasteiger partial charge in [0.2, 0.25) is 5.43 Å². The molecule has 0 amide bonds. The van der Waals surface area contributed by atoms with Crippen LogP contribution in [0.25, 0.3) is 0 Å². The average molecular weight is 264 g/mol. The van der Waals surface area contributed by atoms with E-state index in [0.29, 0.717) is 6.04 Å². The molecule has 0 radical (unpaired) electrons. The number of aromatic hydroxyl groups is 1. The van der Waals surface area contributed by atoms with E-state index in [2.05, 4.69) is 23.3 Å². The summed E-state index contributed by atoms with van der Waals surface area (Å²) in [5.41, 5.74) is 0.759. The highest BCUT2D eigenvalue weighted by molar-refractivity contribution is 5.21. The van der Waals surface area contributed by atoms with Gasteiger partial charge in [0.15, 0.2) is 5.75 Å². The zero-order valence-corrected chi connectivity index (χ0v) is 11.9. The van der Waals surface area contributed by atoms with Gasteiger partial charge in [-0.2, -0.15) is 0 Å². The van der Waals surface area contributed by atoms with Crippen molar-refractivity contribution >= 4 is 0 Å². The quantitative estimate of drug-likeness (QED) is 0.889. The van der Waals surface area contributed by atoms with Crippen LogP contribution in [0.1, 0.15) is 51.3 Å². The molecule has 0 unspecified atom stereocenters. The van der Waals surface area contributed by atoms with Crippen LogP contribution in [0.4, 0.5) is 0 Å². The monoisotopic (exact) mass is 264 g/mol. The van der Waals surface area contributed by atoms with Gasteiger partial charge in [0.05, 0.1) is 6.20 Å². The van der Waals surface area contributed by atoms with Gasteiger partial charge in [0, 0.05) is 24.3 Å². The normalized spacial score (nSPS) is 16.4. The Morgan fingerprint density at radius 1 is 1.32 bits per heavy atom. The standard InChI is InChI=1S/C15H24N2O2/c1-3-16(4-2)10-13-9-14(18)15(19)11-17(13)12-7-5-6-8-12/h9,11-12,19H,3-8,10H2,1-2H3. The molecule has 2 rings (SSSR count). The Bertz CT molecular complexity index is 472. The van der Waals surface area contributed by atoms with Gasteiger partial charge in [-0.25, -0.2) is 0 Å². The molecule has 0 saturated heterocycles. The van der Waals surface area contributed by atoms with E-state index in [1.807, 2.05) is 0 Å². The minimum absolute atomic E-state index is 0.129. The van der Waals surface area contributed by atoms with Crippen LogP contribution in [-0.4, -0.2) is 27.7 Å². The Kier molecular flexibility index (Phi) is 4.64. The minimum atomic E-state index is -0.267. The zero-order valence-electron chi connectivity index (χ0n) is 11.9. The van der Waals surface area contributed by atoms with E-state index in [0.717, 1.165) is 38.2 Å². The van der Waals surface area contributed by atoms with Crippen molar-refractivity contribution in [3.8, 4) is 5.75 Å². The molecule has 1 fully saturated rings. The van der Waals surface area contributed by atoms with Gasteiger partial charge in [-0.05, 0) is 25.9 Å². The summed E-state index contributed by atoms with van der Waals surface area (Å²) in [6.45, 7) is 6.97. The van der Waals surface area contributed by atoms with E-state index in [4.69, 9.17) is 0 Å². The maximum absolute atomic E-state index is 11.7. The van der Waals surface area contributed by atoms with Crippen LogP contribution in [0.3, 0.4) is 0 Å². The molecule has 1 aliphatic rings. The summed E-state index contributed by atoms with van der Waals surface area (Å²) < 4.78 is 2.13. The second-order valence-electron chi connectivity index (χ2n) is 5.32. The van der Waals surface area contributed by atoms with E-state index < -0.39 is 0 Å². The SMILES string of the molecule is CCN(CC)Cc1cc(=O)c(O)cn1C1CCCC1. The van der Waals surface area contributed by atoms with Crippen LogP contribution in [0.5, 0.6) is 5.75 Å². The number of hydrogen-bond acceptors (Lipinski definition) is 3. The van der Waals surface area contributed by atoms with Crippen molar-refractivity contribution in [3.63, 3.8) is 0 Å². The minimum Gasteiger partial charge on any atom is -0.503 e. The van der Waals surface area contributed by atoms with Gasteiger partial charge in [-0.1, -0.05) is 26.7 Å². The van der Waals surface area contributed by atoms with Crippen molar-refractivity contribution in [1.82, 2.24) is 9.47 Å². The van der Waals surface area contributed by atoms with Gasteiger partial charge in [0.25, 0.3) is 0 Å². The lowest BCUT2D eigenvalue weighted by atomic mass is 10.2. The first-order valence-corrected chi connectivity index (χ1v) is 7.32. The van der Waals surface area contributed by atoms with Crippen LogP contribution >= 0.6 is 0 Å². The van der Waals surface area contributed by atoms with Crippen molar-refractivity contribution in [3.05, 3.63) is 28.2 Å². The summed E-state index contributed by atoms with van der Waals surface area (Å²) in [6, 6.07) is 2.04. The molecule has 0 aromatic carbocycles. The topological polar surface area (TPSA) is 45.5 Å². The van der Waals surface area contributed by atoms with E-state index in [1.54, 1.807) is 12.3 Å². The number of rotatable bonds is 5. The molecular weight excluding hydrogens is 240 g/mol. The molecule has 0 bridgehead atoms. The van der Waals surface area contributed by atoms with Gasteiger partial charge >= 0.3 is 0 Å². The number of aromatic nitrogens is 1. The van der Waals surface area contributed by atoms with E-state index in [9.17, 15) is 9.90 Å². The lowest BCUT2D eigenvalue weighted by Crippen LogP contribution is -2.26. The van der Waals surface area contributed by atoms with Crippen molar-refractivity contribution in [2.24, 2.45) is 0 Å². The second-order valence-corrected chi connectivity index (χ2v) is 5.32. The van der Waals surface area contributed by atoms with Gasteiger partial charge in [-0.3, -0.25) is 9.69 Å². The largest absolute Gasteiger partial charge is 0.503 e. The summed E-state index contributed by atoms with van der Waals surface area (Å²) in [5.74, 6) is -0.129. The fourth-order valence-corrected chi connectivity index (χ4v) is 2.90. The second kappa shape index (κ2) is 6.24. The van der Waals surface area contributed by atoms with Crippen molar-refractivity contribution in [2.45, 2.75) is 52.1 Å². The molecule has 0 atom stereocenters. The van der Waals surface area contributed by atoms with Crippen LogP contribution in [0, 0.1) is 0 Å². The first kappa shape index (κ1) is 14.1. The molecule has 19 heavy (non-hydrogen) atoms. The van der Waals surface area contributed by atoms with E-state index in [1.165, 1.54) is 12.8 Å². The summed E-state index contributed by atoms with van der Waals surface area (Å²) in [4.78, 5) is 14.0. The fraction of sp³-hybridized carbons (Fsp3) is 0.667. The van der Waals surface area contributed by atoms with E-state index >= 15 is 0 Å². The van der Waals surface area contributed by atoms with Gasteiger partial charge < -0.3 is 9.67 Å². The third kappa shape index (κ3) is 3.18. The lowest BCUT2D eigenvalue weighted by Gasteiger charge is -2.24. The fourth-order valence-electron chi connectivity index (χ4n) is 2.90. The number of hydrogen-bond donors (Lipinski definition) is 1. The summed E-state index contributed by atoms with van der Waals surface area (Å²) in [5, 5.41) is 9.69. The summed E-state index contributed by atoms with van der Waals surface area (Å²) in [7, 11) is 0. The van der Waals surface area contributed by atoms with E-state index in [-0.39, 0.29) is 11.2 Å². The lowest BCUT2D eigenvalue weighted by molar-refractivity contribution is 0.281. The molecule has 4 nitrogen and oxygen atoms in total. The molecule has 1 aliphatic carbocycles. The third-order valence-corrected chi connectivity index (χ3v) is 4.14. The van der Waals surface area contributed by atoms with Crippen LogP contribution < -0.4 is 5.43 Å². The summed E-state index contributed by atoms with van der Waals surface area (Å²) in [6.07, 6.45) is 6.41. The van der Waals surface area contributed by atoms with Crippen molar-refractivity contribution < 1.29 is 5.11 Å².